The molecular formula is C42H46N8O6S. The minimum absolute atomic E-state index is 0.112. The zero-order valence-electron chi connectivity index (χ0n) is 32.3. The van der Waals surface area contributed by atoms with Gasteiger partial charge in [-0.3, -0.25) is 9.59 Å². The van der Waals surface area contributed by atoms with E-state index in [1.54, 1.807) is 22.9 Å². The lowest BCUT2D eigenvalue weighted by Crippen LogP contribution is -2.51. The molecule has 0 radical (unpaired) electrons. The molecule has 1 aliphatic carbocycles. The number of benzene rings is 3. The van der Waals surface area contributed by atoms with Crippen molar-refractivity contribution < 1.29 is 28.7 Å². The summed E-state index contributed by atoms with van der Waals surface area (Å²) >= 11 is 1.64. The second-order valence-electron chi connectivity index (χ2n) is 15.4. The van der Waals surface area contributed by atoms with Gasteiger partial charge in [0.25, 0.3) is 0 Å². The monoisotopic (exact) mass is 790 g/mol. The van der Waals surface area contributed by atoms with Crippen LogP contribution in [0, 0.1) is 11.3 Å². The summed E-state index contributed by atoms with van der Waals surface area (Å²) in [6, 6.07) is 20.2. The van der Waals surface area contributed by atoms with Gasteiger partial charge in [0.15, 0.2) is 0 Å². The molecule has 3 atom stereocenters. The second-order valence-corrected chi connectivity index (χ2v) is 16.6. The van der Waals surface area contributed by atoms with Crippen LogP contribution in [0.2, 0.25) is 0 Å². The number of aromatic nitrogens is 4. The van der Waals surface area contributed by atoms with Crippen molar-refractivity contribution in [3.63, 3.8) is 0 Å². The molecule has 0 unspecified atom stereocenters. The van der Waals surface area contributed by atoms with E-state index in [1.165, 1.54) is 14.2 Å². The number of carbonyl (C=O) groups excluding carboxylic acids is 4. The Labute approximate surface area is 334 Å². The number of imidazole rings is 2. The molecule has 296 valence electrons. The average Bonchev–Trinajstić information content (AvgIpc) is 3.76. The van der Waals surface area contributed by atoms with Crippen LogP contribution in [0.3, 0.4) is 0 Å². The van der Waals surface area contributed by atoms with Crippen LogP contribution in [-0.4, -0.2) is 99.4 Å². The number of ether oxygens (including phenoxy) is 2. The van der Waals surface area contributed by atoms with Crippen LogP contribution in [0.5, 0.6) is 0 Å². The molecule has 57 heavy (non-hydrogen) atoms. The minimum Gasteiger partial charge on any atom is -0.453 e. The molecule has 4 N–H and O–H groups in total. The number of thioether (sulfide) groups is 1. The highest BCUT2D eigenvalue weighted by Crippen LogP contribution is 2.58. The molecule has 2 aliphatic heterocycles. The van der Waals surface area contributed by atoms with Crippen molar-refractivity contribution in [1.29, 1.82) is 0 Å². The lowest BCUT2D eigenvalue weighted by atomic mass is 9.98. The smallest absolute Gasteiger partial charge is 0.407 e. The highest BCUT2D eigenvalue weighted by atomic mass is 32.2. The van der Waals surface area contributed by atoms with Crippen molar-refractivity contribution in [2.75, 3.05) is 39.6 Å². The first-order valence-electron chi connectivity index (χ1n) is 19.2. The Kier molecular flexibility index (Phi) is 10.4. The van der Waals surface area contributed by atoms with Crippen LogP contribution >= 0.6 is 11.8 Å². The Hall–Kier alpha value is -5.83. The number of hydrogen-bond donors (Lipinski definition) is 4. The number of nitrogens with zero attached hydrogens (tertiary/aromatic N) is 4. The number of rotatable bonds is 10. The van der Waals surface area contributed by atoms with Gasteiger partial charge < -0.3 is 39.9 Å². The van der Waals surface area contributed by atoms with E-state index in [-0.39, 0.29) is 41.1 Å². The maximum absolute atomic E-state index is 13.5. The summed E-state index contributed by atoms with van der Waals surface area (Å²) in [5, 5.41) is 7.12. The number of hydrogen-bond acceptors (Lipinski definition) is 9. The zero-order valence-corrected chi connectivity index (χ0v) is 33.2. The van der Waals surface area contributed by atoms with Crippen molar-refractivity contribution in [3.8, 4) is 33.6 Å². The third kappa shape index (κ3) is 7.80. The Morgan fingerprint density at radius 3 is 2.12 bits per heavy atom. The summed E-state index contributed by atoms with van der Waals surface area (Å²) in [6.07, 6.45) is 5.42. The molecule has 3 aliphatic rings. The first-order chi connectivity index (χ1) is 27.5. The normalized spacial score (nSPS) is 18.9. The van der Waals surface area contributed by atoms with E-state index in [9.17, 15) is 19.2 Å². The van der Waals surface area contributed by atoms with Crippen molar-refractivity contribution >= 4 is 46.5 Å². The summed E-state index contributed by atoms with van der Waals surface area (Å²) in [4.78, 5) is 70.2. The summed E-state index contributed by atoms with van der Waals surface area (Å²) in [5.41, 5.74) is 6.03. The van der Waals surface area contributed by atoms with Gasteiger partial charge in [-0.05, 0) is 70.2 Å². The Morgan fingerprint density at radius 1 is 0.825 bits per heavy atom. The predicted octanol–water partition coefficient (Wildman–Crippen LogP) is 6.65. The summed E-state index contributed by atoms with van der Waals surface area (Å²) in [7, 11) is 2.57. The molecule has 2 aromatic heterocycles. The van der Waals surface area contributed by atoms with E-state index < -0.39 is 18.2 Å². The largest absolute Gasteiger partial charge is 0.453 e. The van der Waals surface area contributed by atoms with Gasteiger partial charge in [-0.2, -0.15) is 0 Å². The molecule has 1 spiro atoms. The Balaban J connectivity index is 0.941. The van der Waals surface area contributed by atoms with Crippen LogP contribution < -0.4 is 10.6 Å². The number of methoxy groups -OCH3 is 2. The third-order valence-corrected chi connectivity index (χ3v) is 12.6. The quantitative estimate of drug-likeness (QED) is 0.121. The van der Waals surface area contributed by atoms with Gasteiger partial charge in [0.05, 0.1) is 44.0 Å². The van der Waals surface area contributed by atoms with E-state index in [0.29, 0.717) is 18.9 Å². The fraction of sp³-hybridized carbons (Fsp3) is 0.381. The number of carbonyl (C=O) groups is 4. The summed E-state index contributed by atoms with van der Waals surface area (Å²) in [6.45, 7) is 4.91. The standard InChI is InChI=1S/C42H46N8O6S/c1-24(2)35(48-41(54)56-4)38(52)49-15-16-57-39(49)37-44-20-31(47-37)26-7-5-25(6-8-26)27-9-10-29-18-30(12-11-28(29)17-27)32-21-43-36(46-32)33-19-42(13-14-42)23-50(33)34(51)22-45-40(53)55-3/h5-12,17-18,20-21,24,33,35,39H,13-16,19,22-23H2,1-4H3,(H,43,46)(H,44,47)(H,45,53)(H,48,54)/t33-,35-,39-/m0/s1. The molecule has 3 aromatic carbocycles. The Morgan fingerprint density at radius 2 is 1.44 bits per heavy atom. The van der Waals surface area contributed by atoms with Crippen molar-refractivity contribution in [1.82, 2.24) is 40.4 Å². The van der Waals surface area contributed by atoms with Gasteiger partial charge in [-0.1, -0.05) is 62.4 Å². The Bertz CT molecular complexity index is 2320. The maximum Gasteiger partial charge on any atom is 0.407 e. The minimum atomic E-state index is -0.698. The number of nitrogens with one attached hydrogen (secondary N) is 4. The van der Waals surface area contributed by atoms with E-state index in [4.69, 9.17) is 9.72 Å². The number of alkyl carbamates (subject to hydrolysis) is 2. The number of likely N-dealkylation sites (tertiary alicyclic amines) is 1. The van der Waals surface area contributed by atoms with Crippen LogP contribution in [0.15, 0.2) is 73.1 Å². The molecule has 15 heteroatoms. The molecule has 2 saturated heterocycles. The number of amides is 4. The topological polar surface area (TPSA) is 175 Å². The van der Waals surface area contributed by atoms with Crippen LogP contribution in [0.1, 0.15) is 56.2 Å². The summed E-state index contributed by atoms with van der Waals surface area (Å²) < 4.78 is 9.39. The molecule has 4 amide bonds. The lowest BCUT2D eigenvalue weighted by molar-refractivity contribution is -0.134. The number of aromatic amines is 2. The van der Waals surface area contributed by atoms with E-state index in [2.05, 4.69) is 91.0 Å². The van der Waals surface area contributed by atoms with Crippen LogP contribution in [0.4, 0.5) is 9.59 Å². The van der Waals surface area contributed by atoms with Gasteiger partial charge in [0, 0.05) is 24.4 Å². The summed E-state index contributed by atoms with van der Waals surface area (Å²) in [5.74, 6) is 1.80. The molecular weight excluding hydrogens is 745 g/mol. The molecule has 4 heterocycles. The van der Waals surface area contributed by atoms with Crippen molar-refractivity contribution in [2.24, 2.45) is 11.3 Å². The molecule has 3 fully saturated rings. The second kappa shape index (κ2) is 15.6. The predicted molar refractivity (Wildman–Crippen MR) is 217 cm³/mol. The SMILES string of the molecule is COC(=O)NCC(=O)N1CC2(CC2)C[C@H]1c1ncc(-c2ccc3cc(-c4ccc(-c5cnc([C@@H]6SCCN6C(=O)[C@@H](NC(=O)OC)C(C)C)[nH]5)cc4)ccc3c2)[nH]1. The van der Waals surface area contributed by atoms with Gasteiger partial charge in [0.2, 0.25) is 11.8 Å². The van der Waals surface area contributed by atoms with Crippen LogP contribution in [-0.2, 0) is 19.1 Å². The molecule has 5 aromatic rings. The fourth-order valence-corrected chi connectivity index (χ4v) is 9.11. The third-order valence-electron chi connectivity index (χ3n) is 11.3. The van der Waals surface area contributed by atoms with Gasteiger partial charge >= 0.3 is 12.2 Å². The molecule has 0 bridgehead atoms. The number of H-pyrrole nitrogens is 2. The average molecular weight is 791 g/mol. The lowest BCUT2D eigenvalue weighted by Gasteiger charge is -2.29. The maximum atomic E-state index is 13.5. The highest BCUT2D eigenvalue weighted by molar-refractivity contribution is 7.99. The van der Waals surface area contributed by atoms with E-state index >= 15 is 0 Å². The zero-order chi connectivity index (χ0) is 39.8. The van der Waals surface area contributed by atoms with Crippen molar-refractivity contribution in [2.45, 2.75) is 50.6 Å². The van der Waals surface area contributed by atoms with E-state index in [1.807, 2.05) is 24.9 Å². The fourth-order valence-electron chi connectivity index (χ4n) is 7.92. The first-order valence-corrected chi connectivity index (χ1v) is 20.2. The number of fused-ring (bicyclic) bond motifs is 1. The first kappa shape index (κ1) is 38.1. The van der Waals surface area contributed by atoms with E-state index in [0.717, 1.165) is 75.3 Å². The molecule has 1 saturated carbocycles. The van der Waals surface area contributed by atoms with Gasteiger partial charge in [0.1, 0.15) is 29.6 Å². The molecule has 14 nitrogen and oxygen atoms in total. The van der Waals surface area contributed by atoms with Crippen molar-refractivity contribution in [3.05, 3.63) is 84.7 Å². The van der Waals surface area contributed by atoms with Gasteiger partial charge in [-0.25, -0.2) is 19.6 Å². The van der Waals surface area contributed by atoms with Crippen LogP contribution in [0.25, 0.3) is 44.4 Å². The van der Waals surface area contributed by atoms with Gasteiger partial charge in [-0.15, -0.1) is 11.8 Å². The highest BCUT2D eigenvalue weighted by Gasteiger charge is 2.54. The molecule has 8 rings (SSSR count).